The van der Waals surface area contributed by atoms with Gasteiger partial charge >= 0.3 is 0 Å². The summed E-state index contributed by atoms with van der Waals surface area (Å²) in [5, 5.41) is 19.2. The molecule has 3 heteroatoms. The minimum Gasteiger partial charge on any atom is -0.507 e. The molecule has 0 radical (unpaired) electrons. The van der Waals surface area contributed by atoms with Crippen molar-refractivity contribution in [3.8, 4) is 11.5 Å². The van der Waals surface area contributed by atoms with Gasteiger partial charge in [0.25, 0.3) is 0 Å². The number of phenols is 2. The first-order valence-electron chi connectivity index (χ1n) is 5.88. The molecule has 2 aromatic rings. The van der Waals surface area contributed by atoms with E-state index in [1.807, 2.05) is 6.92 Å². The van der Waals surface area contributed by atoms with Crippen molar-refractivity contribution < 1.29 is 15.0 Å². The molecule has 0 aromatic heterocycles. The lowest BCUT2D eigenvalue weighted by atomic mass is 10.1. The summed E-state index contributed by atoms with van der Waals surface area (Å²) in [6, 6.07) is 11.6. The number of aryl methyl sites for hydroxylation is 1. The zero-order chi connectivity index (χ0) is 13.8. The number of ketones is 1. The average Bonchev–Trinajstić information content (AvgIpc) is 2.40. The molecule has 0 heterocycles. The van der Waals surface area contributed by atoms with Crippen LogP contribution >= 0.6 is 0 Å². The Kier molecular flexibility index (Phi) is 3.66. The van der Waals surface area contributed by atoms with Gasteiger partial charge in [0.05, 0.1) is 5.56 Å². The molecule has 0 saturated heterocycles. The number of para-hydroxylation sites is 1. The number of hydrogen-bond donors (Lipinski definition) is 2. The zero-order valence-corrected chi connectivity index (χ0v) is 10.5. The lowest BCUT2D eigenvalue weighted by Crippen LogP contribution is -1.95. The minimum atomic E-state index is -0.301. The molecule has 2 aromatic carbocycles. The zero-order valence-electron chi connectivity index (χ0n) is 10.5. The molecular formula is C16H14O3. The third-order valence-electron chi connectivity index (χ3n) is 2.77. The maximum Gasteiger partial charge on any atom is 0.189 e. The molecule has 0 bridgehead atoms. The van der Waals surface area contributed by atoms with Gasteiger partial charge in [0.1, 0.15) is 11.5 Å². The van der Waals surface area contributed by atoms with Crippen molar-refractivity contribution in [2.45, 2.75) is 6.92 Å². The summed E-state index contributed by atoms with van der Waals surface area (Å²) in [5.74, 6) is -0.234. The predicted molar refractivity (Wildman–Crippen MR) is 74.3 cm³/mol. The smallest absolute Gasteiger partial charge is 0.189 e. The van der Waals surface area contributed by atoms with Crippen LogP contribution in [0.15, 0.2) is 48.5 Å². The SMILES string of the molecule is Cc1ccc(O)c(C(=O)C=Cc2ccccc2O)c1. The summed E-state index contributed by atoms with van der Waals surface area (Å²) >= 11 is 0. The van der Waals surface area contributed by atoms with E-state index in [0.29, 0.717) is 5.56 Å². The topological polar surface area (TPSA) is 57.5 Å². The first kappa shape index (κ1) is 12.9. The van der Waals surface area contributed by atoms with Crippen LogP contribution in [0.4, 0.5) is 0 Å². The van der Waals surface area contributed by atoms with E-state index < -0.39 is 0 Å². The Balaban J connectivity index is 2.26. The average molecular weight is 254 g/mol. The van der Waals surface area contributed by atoms with Crippen LogP contribution < -0.4 is 0 Å². The molecule has 0 spiro atoms. The summed E-state index contributed by atoms with van der Waals surface area (Å²) in [7, 11) is 0. The Morgan fingerprint density at radius 1 is 1.05 bits per heavy atom. The molecule has 2 N–H and O–H groups in total. The van der Waals surface area contributed by atoms with E-state index in [4.69, 9.17) is 0 Å². The second-order valence-corrected chi connectivity index (χ2v) is 4.28. The van der Waals surface area contributed by atoms with Crippen molar-refractivity contribution in [1.29, 1.82) is 0 Å². The van der Waals surface area contributed by atoms with Crippen molar-refractivity contribution in [2.24, 2.45) is 0 Å². The highest BCUT2D eigenvalue weighted by Crippen LogP contribution is 2.21. The van der Waals surface area contributed by atoms with Crippen LogP contribution in [0.25, 0.3) is 6.08 Å². The van der Waals surface area contributed by atoms with Crippen molar-refractivity contribution >= 4 is 11.9 Å². The maximum absolute atomic E-state index is 12.0. The van der Waals surface area contributed by atoms with Crippen molar-refractivity contribution in [3.63, 3.8) is 0 Å². The van der Waals surface area contributed by atoms with Gasteiger partial charge < -0.3 is 10.2 Å². The first-order valence-corrected chi connectivity index (χ1v) is 5.88. The summed E-state index contributed by atoms with van der Waals surface area (Å²) in [5.41, 5.74) is 1.71. The van der Waals surface area contributed by atoms with Gasteiger partial charge in [-0.25, -0.2) is 0 Å². The van der Waals surface area contributed by atoms with Gasteiger partial charge in [0, 0.05) is 5.56 Å². The lowest BCUT2D eigenvalue weighted by Gasteiger charge is -2.02. The van der Waals surface area contributed by atoms with E-state index in [0.717, 1.165) is 5.56 Å². The van der Waals surface area contributed by atoms with Gasteiger partial charge in [-0.05, 0) is 37.3 Å². The van der Waals surface area contributed by atoms with Gasteiger partial charge in [-0.1, -0.05) is 29.8 Å². The lowest BCUT2D eigenvalue weighted by molar-refractivity contribution is 0.104. The molecule has 96 valence electrons. The Morgan fingerprint density at radius 2 is 1.79 bits per heavy atom. The highest BCUT2D eigenvalue weighted by atomic mass is 16.3. The van der Waals surface area contributed by atoms with E-state index in [1.54, 1.807) is 36.4 Å². The van der Waals surface area contributed by atoms with Crippen LogP contribution in [0.5, 0.6) is 11.5 Å². The Morgan fingerprint density at radius 3 is 2.53 bits per heavy atom. The van der Waals surface area contributed by atoms with E-state index in [2.05, 4.69) is 0 Å². The molecule has 0 amide bonds. The maximum atomic E-state index is 12.0. The number of hydrogen-bond acceptors (Lipinski definition) is 3. The molecule has 0 atom stereocenters. The van der Waals surface area contributed by atoms with E-state index in [-0.39, 0.29) is 22.8 Å². The molecule has 0 aliphatic carbocycles. The fraction of sp³-hybridized carbons (Fsp3) is 0.0625. The van der Waals surface area contributed by atoms with Crippen molar-refractivity contribution in [2.75, 3.05) is 0 Å². The van der Waals surface area contributed by atoms with Crippen LogP contribution in [-0.4, -0.2) is 16.0 Å². The van der Waals surface area contributed by atoms with Crippen LogP contribution in [0, 0.1) is 6.92 Å². The Labute approximate surface area is 111 Å². The summed E-state index contributed by atoms with van der Waals surface area (Å²) in [6.07, 6.45) is 2.86. The van der Waals surface area contributed by atoms with E-state index >= 15 is 0 Å². The molecule has 2 rings (SSSR count). The standard InChI is InChI=1S/C16H14O3/c1-11-6-8-15(18)13(10-11)16(19)9-7-12-4-2-3-5-14(12)17/h2-10,17-18H,1H3. The van der Waals surface area contributed by atoms with Gasteiger partial charge in [0.15, 0.2) is 5.78 Å². The van der Waals surface area contributed by atoms with Crippen molar-refractivity contribution in [1.82, 2.24) is 0 Å². The highest BCUT2D eigenvalue weighted by molar-refractivity contribution is 6.08. The van der Waals surface area contributed by atoms with Crippen LogP contribution in [0.2, 0.25) is 0 Å². The number of benzene rings is 2. The van der Waals surface area contributed by atoms with Gasteiger partial charge in [-0.2, -0.15) is 0 Å². The third-order valence-corrected chi connectivity index (χ3v) is 2.77. The van der Waals surface area contributed by atoms with Crippen molar-refractivity contribution in [3.05, 3.63) is 65.2 Å². The summed E-state index contributed by atoms with van der Waals surface area (Å²) < 4.78 is 0. The van der Waals surface area contributed by atoms with Crippen LogP contribution in [-0.2, 0) is 0 Å². The van der Waals surface area contributed by atoms with Crippen LogP contribution in [0.1, 0.15) is 21.5 Å². The molecule has 0 saturated carbocycles. The number of allylic oxidation sites excluding steroid dienone is 1. The second-order valence-electron chi connectivity index (χ2n) is 4.28. The minimum absolute atomic E-state index is 0.0440. The number of phenolic OH excluding ortho intramolecular Hbond substituents is 2. The predicted octanol–water partition coefficient (Wildman–Crippen LogP) is 3.30. The second kappa shape index (κ2) is 5.40. The fourth-order valence-corrected chi connectivity index (χ4v) is 1.73. The normalized spacial score (nSPS) is 10.8. The molecule has 0 fully saturated rings. The molecule has 0 aliphatic rings. The molecule has 19 heavy (non-hydrogen) atoms. The Bertz CT molecular complexity index is 642. The number of carbonyl (C=O) groups excluding carboxylic acids is 1. The van der Waals surface area contributed by atoms with Gasteiger partial charge in [0.2, 0.25) is 0 Å². The Hall–Kier alpha value is -2.55. The van der Waals surface area contributed by atoms with Crippen LogP contribution in [0.3, 0.4) is 0 Å². The number of carbonyl (C=O) groups is 1. The monoisotopic (exact) mass is 254 g/mol. The van der Waals surface area contributed by atoms with Gasteiger partial charge in [-0.3, -0.25) is 4.79 Å². The van der Waals surface area contributed by atoms with E-state index in [1.165, 1.54) is 18.2 Å². The number of aromatic hydroxyl groups is 2. The molecular weight excluding hydrogens is 240 g/mol. The fourth-order valence-electron chi connectivity index (χ4n) is 1.73. The summed E-state index contributed by atoms with van der Waals surface area (Å²) in [4.78, 5) is 12.0. The molecule has 3 nitrogen and oxygen atoms in total. The first-order chi connectivity index (χ1) is 9.08. The molecule has 0 unspecified atom stereocenters. The molecule has 0 aliphatic heterocycles. The highest BCUT2D eigenvalue weighted by Gasteiger charge is 2.08. The largest absolute Gasteiger partial charge is 0.507 e. The number of rotatable bonds is 3. The summed E-state index contributed by atoms with van der Waals surface area (Å²) in [6.45, 7) is 1.85. The van der Waals surface area contributed by atoms with Gasteiger partial charge in [-0.15, -0.1) is 0 Å². The third kappa shape index (κ3) is 3.01. The van der Waals surface area contributed by atoms with E-state index in [9.17, 15) is 15.0 Å². The quantitative estimate of drug-likeness (QED) is 0.652.